The Morgan fingerprint density at radius 3 is 2.12 bits per heavy atom. The second-order valence-electron chi connectivity index (χ2n) is 7.25. The summed E-state index contributed by atoms with van der Waals surface area (Å²) in [6.45, 7) is -0.519. The minimum Gasteiger partial charge on any atom is -0.493 e. The highest BCUT2D eigenvalue weighted by Gasteiger charge is 2.37. The highest BCUT2D eigenvalue weighted by Crippen LogP contribution is 2.30. The first-order valence-electron chi connectivity index (χ1n) is 10.0. The van der Waals surface area contributed by atoms with Crippen LogP contribution in [-0.2, 0) is 4.74 Å². The van der Waals surface area contributed by atoms with Crippen molar-refractivity contribution >= 4 is 40.9 Å². The molecular weight excluding hydrogens is 462 g/mol. The number of ketones is 1. The molecule has 1 aliphatic heterocycles. The average molecular weight is 480 g/mol. The summed E-state index contributed by atoms with van der Waals surface area (Å²) in [7, 11) is 2.92. The van der Waals surface area contributed by atoms with E-state index in [0.29, 0.717) is 22.2 Å². The van der Waals surface area contributed by atoms with E-state index in [4.69, 9.17) is 25.8 Å². The van der Waals surface area contributed by atoms with E-state index in [0.717, 1.165) is 4.90 Å². The van der Waals surface area contributed by atoms with Crippen LogP contribution < -0.4 is 14.4 Å². The molecule has 0 aliphatic carbocycles. The van der Waals surface area contributed by atoms with Crippen molar-refractivity contribution in [3.05, 3.63) is 87.9 Å². The fraction of sp³-hybridized carbons (Fsp3) is 0.120. The molecule has 34 heavy (non-hydrogen) atoms. The van der Waals surface area contributed by atoms with E-state index in [1.165, 1.54) is 44.6 Å². The predicted octanol–water partition coefficient (Wildman–Crippen LogP) is 4.20. The summed E-state index contributed by atoms with van der Waals surface area (Å²) in [6.07, 6.45) is 0. The third-order valence-corrected chi connectivity index (χ3v) is 5.50. The van der Waals surface area contributed by atoms with Crippen LogP contribution in [0.3, 0.4) is 0 Å². The summed E-state index contributed by atoms with van der Waals surface area (Å²) >= 11 is 5.88. The summed E-state index contributed by atoms with van der Waals surface area (Å²) in [6, 6.07) is 14.9. The van der Waals surface area contributed by atoms with Gasteiger partial charge in [-0.3, -0.25) is 14.4 Å². The maximum Gasteiger partial charge on any atom is 0.338 e. The van der Waals surface area contributed by atoms with E-state index in [1.807, 2.05) is 0 Å². The zero-order valence-electron chi connectivity index (χ0n) is 18.2. The third kappa shape index (κ3) is 4.23. The minimum atomic E-state index is -0.804. The molecule has 0 atom stereocenters. The number of carbonyl (C=O) groups is 4. The Kier molecular flexibility index (Phi) is 6.34. The topological polar surface area (TPSA) is 99.2 Å². The molecule has 0 radical (unpaired) electrons. The number of Topliss-reactive ketones (excluding diaryl/α,β-unsaturated/α-hetero) is 1. The van der Waals surface area contributed by atoms with E-state index in [2.05, 4.69) is 0 Å². The maximum absolute atomic E-state index is 12.9. The van der Waals surface area contributed by atoms with Crippen LogP contribution in [0, 0.1) is 0 Å². The molecule has 0 bridgehead atoms. The smallest absolute Gasteiger partial charge is 0.338 e. The Bertz CT molecular complexity index is 1320. The minimum absolute atomic E-state index is 0.0398. The number of methoxy groups -OCH3 is 2. The SMILES string of the molecule is COc1ccc(C(=O)COC(=O)c2ccc3c(c2)C(=O)N(c2ccc(Cl)cc2)C3=O)cc1OC. The number of rotatable bonds is 7. The lowest BCUT2D eigenvalue weighted by Crippen LogP contribution is -2.29. The van der Waals surface area contributed by atoms with Crippen LogP contribution in [0.5, 0.6) is 11.5 Å². The molecule has 1 heterocycles. The Balaban J connectivity index is 1.48. The van der Waals surface area contributed by atoms with Crippen molar-refractivity contribution in [3.8, 4) is 11.5 Å². The highest BCUT2D eigenvalue weighted by molar-refractivity contribution is 6.35. The molecule has 0 N–H and O–H groups in total. The largest absolute Gasteiger partial charge is 0.493 e. The fourth-order valence-electron chi connectivity index (χ4n) is 3.50. The van der Waals surface area contributed by atoms with Gasteiger partial charge in [-0.05, 0) is 60.7 Å². The van der Waals surface area contributed by atoms with Crippen LogP contribution in [0.2, 0.25) is 5.02 Å². The van der Waals surface area contributed by atoms with Gasteiger partial charge in [-0.15, -0.1) is 0 Å². The van der Waals surface area contributed by atoms with E-state index in [9.17, 15) is 19.2 Å². The second kappa shape index (κ2) is 9.36. The number of imide groups is 1. The molecule has 172 valence electrons. The van der Waals surface area contributed by atoms with Gasteiger partial charge in [0.25, 0.3) is 11.8 Å². The van der Waals surface area contributed by atoms with Crippen LogP contribution in [-0.4, -0.2) is 44.4 Å². The quantitative estimate of drug-likeness (QED) is 0.284. The summed E-state index contributed by atoms with van der Waals surface area (Å²) in [5, 5.41) is 0.466. The number of ether oxygens (including phenoxy) is 3. The van der Waals surface area contributed by atoms with Crippen LogP contribution in [0.15, 0.2) is 60.7 Å². The molecule has 0 saturated heterocycles. The van der Waals surface area contributed by atoms with Gasteiger partial charge in [-0.25, -0.2) is 9.69 Å². The van der Waals surface area contributed by atoms with Crippen molar-refractivity contribution in [2.75, 3.05) is 25.7 Å². The van der Waals surface area contributed by atoms with Gasteiger partial charge in [-0.1, -0.05) is 11.6 Å². The summed E-state index contributed by atoms with van der Waals surface area (Å²) in [5.74, 6) is -1.51. The first-order chi connectivity index (χ1) is 16.3. The van der Waals surface area contributed by atoms with Gasteiger partial charge in [0.1, 0.15) is 0 Å². The first-order valence-corrected chi connectivity index (χ1v) is 10.4. The predicted molar refractivity (Wildman–Crippen MR) is 123 cm³/mol. The van der Waals surface area contributed by atoms with Crippen LogP contribution in [0.25, 0.3) is 0 Å². The molecule has 0 fully saturated rings. The number of fused-ring (bicyclic) bond motifs is 1. The molecule has 3 aromatic carbocycles. The Morgan fingerprint density at radius 1 is 0.794 bits per heavy atom. The molecule has 3 aromatic rings. The average Bonchev–Trinajstić information content (AvgIpc) is 3.11. The summed E-state index contributed by atoms with van der Waals surface area (Å²) in [5.41, 5.74) is 0.913. The van der Waals surface area contributed by atoms with Gasteiger partial charge in [0, 0.05) is 10.6 Å². The number of amides is 2. The zero-order valence-corrected chi connectivity index (χ0v) is 18.9. The monoisotopic (exact) mass is 479 g/mol. The first kappa shape index (κ1) is 23.0. The molecule has 0 saturated carbocycles. The van der Waals surface area contributed by atoms with Crippen molar-refractivity contribution < 1.29 is 33.4 Å². The number of nitrogens with zero attached hydrogens (tertiary/aromatic N) is 1. The van der Waals surface area contributed by atoms with Crippen LogP contribution >= 0.6 is 11.6 Å². The van der Waals surface area contributed by atoms with Gasteiger partial charge in [0.05, 0.1) is 36.6 Å². The van der Waals surface area contributed by atoms with Crippen molar-refractivity contribution in [1.29, 1.82) is 0 Å². The van der Waals surface area contributed by atoms with E-state index in [1.54, 1.807) is 30.3 Å². The van der Waals surface area contributed by atoms with Crippen molar-refractivity contribution in [2.45, 2.75) is 0 Å². The second-order valence-corrected chi connectivity index (χ2v) is 7.69. The highest BCUT2D eigenvalue weighted by atomic mass is 35.5. The van der Waals surface area contributed by atoms with Gasteiger partial charge in [0.2, 0.25) is 0 Å². The maximum atomic E-state index is 12.9. The van der Waals surface area contributed by atoms with Gasteiger partial charge in [0.15, 0.2) is 23.9 Å². The van der Waals surface area contributed by atoms with Gasteiger partial charge < -0.3 is 14.2 Å². The third-order valence-electron chi connectivity index (χ3n) is 5.25. The zero-order chi connectivity index (χ0) is 24.4. The Labute approximate surface area is 199 Å². The number of esters is 1. The molecule has 0 aromatic heterocycles. The van der Waals surface area contributed by atoms with E-state index in [-0.39, 0.29) is 22.3 Å². The number of benzene rings is 3. The van der Waals surface area contributed by atoms with E-state index < -0.39 is 30.2 Å². The molecule has 1 aliphatic rings. The number of halogens is 1. The van der Waals surface area contributed by atoms with E-state index >= 15 is 0 Å². The summed E-state index contributed by atoms with van der Waals surface area (Å²) < 4.78 is 15.4. The van der Waals surface area contributed by atoms with Crippen molar-refractivity contribution in [3.63, 3.8) is 0 Å². The van der Waals surface area contributed by atoms with Crippen LogP contribution in [0.1, 0.15) is 41.4 Å². The Morgan fingerprint density at radius 2 is 1.44 bits per heavy atom. The molecule has 0 spiro atoms. The van der Waals surface area contributed by atoms with Crippen molar-refractivity contribution in [2.24, 2.45) is 0 Å². The standard InChI is InChI=1S/C25H18ClNO7/c1-32-21-10-4-14(12-22(21)33-2)20(28)13-34-25(31)15-3-9-18-19(11-15)24(30)27(23(18)29)17-7-5-16(26)6-8-17/h3-12H,13H2,1-2H3. The van der Waals surface area contributed by atoms with Gasteiger partial charge in [-0.2, -0.15) is 0 Å². The fourth-order valence-corrected chi connectivity index (χ4v) is 3.63. The molecule has 0 unspecified atom stereocenters. The van der Waals surface area contributed by atoms with Crippen molar-refractivity contribution in [1.82, 2.24) is 0 Å². The molecule has 9 heteroatoms. The number of hydrogen-bond donors (Lipinski definition) is 0. The van der Waals surface area contributed by atoms with Gasteiger partial charge >= 0.3 is 5.97 Å². The molecule has 4 rings (SSSR count). The Hall–Kier alpha value is -4.17. The lowest BCUT2D eigenvalue weighted by atomic mass is 10.1. The molecule has 2 amide bonds. The normalized spacial score (nSPS) is 12.4. The number of anilines is 1. The lowest BCUT2D eigenvalue weighted by Gasteiger charge is -2.13. The number of hydrogen-bond acceptors (Lipinski definition) is 7. The molecule has 8 nitrogen and oxygen atoms in total. The lowest BCUT2D eigenvalue weighted by molar-refractivity contribution is 0.0474. The summed E-state index contributed by atoms with van der Waals surface area (Å²) in [4.78, 5) is 51.6. The molecular formula is C25H18ClNO7. The number of carbonyl (C=O) groups excluding carboxylic acids is 4. The van der Waals surface area contributed by atoms with Crippen LogP contribution in [0.4, 0.5) is 5.69 Å².